The first kappa shape index (κ1) is 21.5. The Balaban J connectivity index is 2.12. The number of phenols is 1. The Kier molecular flexibility index (Phi) is 5.93. The molecule has 9 heteroatoms. The van der Waals surface area contributed by atoms with Crippen LogP contribution >= 0.6 is 15.9 Å². The summed E-state index contributed by atoms with van der Waals surface area (Å²) >= 11 is 3.30. The van der Waals surface area contributed by atoms with E-state index in [1.807, 2.05) is 0 Å². The zero-order valence-electron chi connectivity index (χ0n) is 16.1. The van der Waals surface area contributed by atoms with E-state index < -0.39 is 35.4 Å². The highest BCUT2D eigenvalue weighted by atomic mass is 79.9. The van der Waals surface area contributed by atoms with Crippen LogP contribution in [-0.2, 0) is 16.0 Å². The number of carboxylic acids is 1. The number of hydrogen-bond acceptors (Lipinski definition) is 4. The molecule has 3 aromatic rings. The number of fused-ring (bicyclic) bond motifs is 1. The Bertz CT molecular complexity index is 1170. The SMILES string of the molecule is Cc1c(CC(=O)NC(C)C(=O)O)c2cc(O)c(F)cc2n1C(=O)c1ccc(Br)cc1. The van der Waals surface area contributed by atoms with E-state index in [-0.39, 0.29) is 11.9 Å². The molecule has 0 aliphatic carbocycles. The number of phenolic OH excluding ortho intramolecular Hbond substituents is 1. The summed E-state index contributed by atoms with van der Waals surface area (Å²) in [6.45, 7) is 2.93. The van der Waals surface area contributed by atoms with Crippen LogP contribution in [0.15, 0.2) is 40.9 Å². The van der Waals surface area contributed by atoms with Gasteiger partial charge in [0, 0.05) is 27.2 Å². The lowest BCUT2D eigenvalue weighted by Crippen LogP contribution is -2.39. The van der Waals surface area contributed by atoms with Crippen molar-refractivity contribution in [3.63, 3.8) is 0 Å². The summed E-state index contributed by atoms with van der Waals surface area (Å²) < 4.78 is 16.2. The highest BCUT2D eigenvalue weighted by Gasteiger charge is 2.24. The lowest BCUT2D eigenvalue weighted by molar-refractivity contribution is -0.141. The second-order valence-electron chi connectivity index (χ2n) is 6.84. The molecule has 156 valence electrons. The third kappa shape index (κ3) is 4.06. The highest BCUT2D eigenvalue weighted by Crippen LogP contribution is 2.32. The molecule has 0 saturated carbocycles. The number of benzene rings is 2. The first-order valence-electron chi connectivity index (χ1n) is 8.95. The van der Waals surface area contributed by atoms with Gasteiger partial charge in [0.1, 0.15) is 6.04 Å². The van der Waals surface area contributed by atoms with Gasteiger partial charge in [0.2, 0.25) is 5.91 Å². The lowest BCUT2D eigenvalue weighted by atomic mass is 10.1. The van der Waals surface area contributed by atoms with Crippen molar-refractivity contribution in [2.24, 2.45) is 0 Å². The van der Waals surface area contributed by atoms with Crippen molar-refractivity contribution in [3.05, 3.63) is 63.5 Å². The molecule has 3 rings (SSSR count). The largest absolute Gasteiger partial charge is 0.505 e. The van der Waals surface area contributed by atoms with Gasteiger partial charge in [0.05, 0.1) is 11.9 Å². The molecule has 1 atom stereocenters. The van der Waals surface area contributed by atoms with Crippen LogP contribution in [0.2, 0.25) is 0 Å². The number of nitrogens with zero attached hydrogens (tertiary/aromatic N) is 1. The summed E-state index contributed by atoms with van der Waals surface area (Å²) in [5, 5.41) is 21.5. The average Bonchev–Trinajstić information content (AvgIpc) is 2.93. The van der Waals surface area contributed by atoms with Crippen LogP contribution in [0, 0.1) is 12.7 Å². The smallest absolute Gasteiger partial charge is 0.325 e. The molecule has 0 aliphatic heterocycles. The van der Waals surface area contributed by atoms with Crippen molar-refractivity contribution in [2.45, 2.75) is 26.3 Å². The molecule has 1 heterocycles. The summed E-state index contributed by atoms with van der Waals surface area (Å²) in [5.41, 5.74) is 1.33. The second-order valence-corrected chi connectivity index (χ2v) is 7.75. The van der Waals surface area contributed by atoms with Gasteiger partial charge in [-0.1, -0.05) is 15.9 Å². The second kappa shape index (κ2) is 8.27. The van der Waals surface area contributed by atoms with Crippen molar-refractivity contribution >= 4 is 44.6 Å². The van der Waals surface area contributed by atoms with E-state index in [9.17, 15) is 23.9 Å². The fourth-order valence-corrected chi connectivity index (χ4v) is 3.47. The van der Waals surface area contributed by atoms with Crippen LogP contribution in [0.4, 0.5) is 4.39 Å². The molecule has 0 aliphatic rings. The fraction of sp³-hybridized carbons (Fsp3) is 0.190. The van der Waals surface area contributed by atoms with Gasteiger partial charge in [0.25, 0.3) is 5.91 Å². The summed E-state index contributed by atoms with van der Waals surface area (Å²) in [5.74, 6) is -3.71. The zero-order valence-corrected chi connectivity index (χ0v) is 17.7. The summed E-state index contributed by atoms with van der Waals surface area (Å²) in [6, 6.07) is 7.71. The van der Waals surface area contributed by atoms with Crippen molar-refractivity contribution in [1.29, 1.82) is 0 Å². The monoisotopic (exact) mass is 476 g/mol. The molecule has 0 spiro atoms. The quantitative estimate of drug-likeness (QED) is 0.522. The molecular weight excluding hydrogens is 459 g/mol. The Morgan fingerprint density at radius 1 is 1.20 bits per heavy atom. The number of halogens is 2. The van der Waals surface area contributed by atoms with E-state index in [0.29, 0.717) is 22.2 Å². The van der Waals surface area contributed by atoms with Crippen LogP contribution in [0.1, 0.15) is 28.5 Å². The van der Waals surface area contributed by atoms with E-state index in [1.165, 1.54) is 11.5 Å². The Labute approximate surface area is 179 Å². The molecular formula is C21H18BrFN2O5. The highest BCUT2D eigenvalue weighted by molar-refractivity contribution is 9.10. The zero-order chi connectivity index (χ0) is 22.2. The molecule has 30 heavy (non-hydrogen) atoms. The van der Waals surface area contributed by atoms with E-state index >= 15 is 0 Å². The van der Waals surface area contributed by atoms with Gasteiger partial charge in [0.15, 0.2) is 11.6 Å². The number of rotatable bonds is 5. The van der Waals surface area contributed by atoms with Crippen LogP contribution < -0.4 is 5.32 Å². The average molecular weight is 477 g/mol. The number of aliphatic carboxylic acids is 1. The topological polar surface area (TPSA) is 109 Å². The Morgan fingerprint density at radius 3 is 2.43 bits per heavy atom. The molecule has 1 unspecified atom stereocenters. The van der Waals surface area contributed by atoms with E-state index in [1.54, 1.807) is 31.2 Å². The predicted molar refractivity (Wildman–Crippen MR) is 111 cm³/mol. The van der Waals surface area contributed by atoms with Crippen LogP contribution in [0.25, 0.3) is 10.9 Å². The van der Waals surface area contributed by atoms with Gasteiger partial charge in [-0.25, -0.2) is 4.39 Å². The predicted octanol–water partition coefficient (Wildman–Crippen LogP) is 3.38. The van der Waals surface area contributed by atoms with Gasteiger partial charge >= 0.3 is 5.97 Å². The molecule has 0 radical (unpaired) electrons. The maximum absolute atomic E-state index is 14.1. The van der Waals surface area contributed by atoms with Gasteiger partial charge in [-0.3, -0.25) is 19.0 Å². The number of aromatic hydroxyl groups is 1. The van der Waals surface area contributed by atoms with Gasteiger partial charge in [-0.15, -0.1) is 0 Å². The van der Waals surface area contributed by atoms with Crippen molar-refractivity contribution in [2.75, 3.05) is 0 Å². The third-order valence-corrected chi connectivity index (χ3v) is 5.31. The summed E-state index contributed by atoms with van der Waals surface area (Å²) in [6.07, 6.45) is -0.244. The number of nitrogens with one attached hydrogen (secondary N) is 1. The number of aromatic nitrogens is 1. The molecule has 0 saturated heterocycles. The van der Waals surface area contributed by atoms with E-state index in [0.717, 1.165) is 16.6 Å². The number of carbonyl (C=O) groups is 3. The van der Waals surface area contributed by atoms with Crippen molar-refractivity contribution < 1.29 is 29.0 Å². The number of carbonyl (C=O) groups excluding carboxylic acids is 2. The van der Waals surface area contributed by atoms with E-state index in [4.69, 9.17) is 5.11 Å². The number of carboxylic acid groups (broad SMARTS) is 1. The molecule has 0 bridgehead atoms. The third-order valence-electron chi connectivity index (χ3n) is 4.78. The molecule has 3 N–H and O–H groups in total. The minimum absolute atomic E-state index is 0.199. The van der Waals surface area contributed by atoms with Gasteiger partial charge in [-0.2, -0.15) is 0 Å². The standard InChI is InChI=1S/C21H18BrFN2O5/c1-10(21(29)30)24-19(27)8-14-11(2)25(17-9-16(23)18(26)7-15(14)17)20(28)12-3-5-13(22)6-4-12/h3-7,9-10,26H,8H2,1-2H3,(H,24,27)(H,29,30). The van der Waals surface area contributed by atoms with Crippen LogP contribution in [0.5, 0.6) is 5.75 Å². The summed E-state index contributed by atoms with van der Waals surface area (Å²) in [7, 11) is 0. The van der Waals surface area contributed by atoms with Gasteiger partial charge in [-0.05, 0) is 49.7 Å². The Hall–Kier alpha value is -3.20. The van der Waals surface area contributed by atoms with Crippen LogP contribution in [-0.4, -0.2) is 38.6 Å². The molecule has 1 amide bonds. The number of amides is 1. The molecule has 7 nitrogen and oxygen atoms in total. The van der Waals surface area contributed by atoms with Gasteiger partial charge < -0.3 is 15.5 Å². The van der Waals surface area contributed by atoms with Crippen LogP contribution in [0.3, 0.4) is 0 Å². The molecule has 2 aromatic carbocycles. The first-order valence-corrected chi connectivity index (χ1v) is 9.74. The minimum atomic E-state index is -1.19. The number of hydrogen-bond donors (Lipinski definition) is 3. The lowest BCUT2D eigenvalue weighted by Gasteiger charge is -2.10. The summed E-state index contributed by atoms with van der Waals surface area (Å²) in [4.78, 5) is 36.5. The first-order chi connectivity index (χ1) is 14.1. The fourth-order valence-electron chi connectivity index (χ4n) is 3.21. The maximum Gasteiger partial charge on any atom is 0.325 e. The Morgan fingerprint density at radius 2 is 1.83 bits per heavy atom. The van der Waals surface area contributed by atoms with Crippen molar-refractivity contribution in [1.82, 2.24) is 9.88 Å². The minimum Gasteiger partial charge on any atom is -0.505 e. The normalized spacial score (nSPS) is 12.0. The maximum atomic E-state index is 14.1. The molecule has 0 fully saturated rings. The molecule has 1 aromatic heterocycles. The van der Waals surface area contributed by atoms with E-state index in [2.05, 4.69) is 21.2 Å². The van der Waals surface area contributed by atoms with Crippen molar-refractivity contribution in [3.8, 4) is 5.75 Å².